The summed E-state index contributed by atoms with van der Waals surface area (Å²) in [5.74, 6) is 0.741. The van der Waals surface area contributed by atoms with Gasteiger partial charge in [-0.15, -0.1) is 0 Å². The Bertz CT molecular complexity index is 1110. The second-order valence-corrected chi connectivity index (χ2v) is 6.28. The summed E-state index contributed by atoms with van der Waals surface area (Å²) in [6.45, 7) is 3.74. The van der Waals surface area contributed by atoms with E-state index in [2.05, 4.69) is 22.1 Å². The third-order valence-electron chi connectivity index (χ3n) is 3.87. The van der Waals surface area contributed by atoms with E-state index in [1.54, 1.807) is 30.3 Å². The monoisotopic (exact) mass is 375 g/mol. The van der Waals surface area contributed by atoms with Crippen LogP contribution in [0.4, 0.5) is 5.69 Å². The predicted octanol–water partition coefficient (Wildman–Crippen LogP) is 4.53. The number of nitriles is 2. The maximum Gasteiger partial charge on any atom is 0.248 e. The predicted molar refractivity (Wildman–Crippen MR) is 102 cm³/mol. The Labute approximate surface area is 161 Å². The van der Waals surface area contributed by atoms with Gasteiger partial charge in [-0.05, 0) is 55.3 Å². The van der Waals surface area contributed by atoms with E-state index in [9.17, 15) is 5.26 Å². The fourth-order valence-electron chi connectivity index (χ4n) is 2.59. The fourth-order valence-corrected chi connectivity index (χ4v) is 2.75. The van der Waals surface area contributed by atoms with Crippen LogP contribution < -0.4 is 10.5 Å². The minimum absolute atomic E-state index is 0.0441. The van der Waals surface area contributed by atoms with Crippen LogP contribution in [0.5, 0.6) is 11.6 Å². The Kier molecular flexibility index (Phi) is 4.94. The van der Waals surface area contributed by atoms with Gasteiger partial charge < -0.3 is 10.5 Å². The summed E-state index contributed by atoms with van der Waals surface area (Å²) in [6.07, 6.45) is 0. The summed E-state index contributed by atoms with van der Waals surface area (Å²) >= 11 is 6.16. The Morgan fingerprint density at radius 1 is 1.04 bits per heavy atom. The third-order valence-corrected chi connectivity index (χ3v) is 4.16. The molecule has 0 aliphatic carbocycles. The number of rotatable bonds is 3. The van der Waals surface area contributed by atoms with Crippen molar-refractivity contribution >= 4 is 17.3 Å². The van der Waals surface area contributed by atoms with Crippen LogP contribution in [-0.4, -0.2) is 9.97 Å². The van der Waals surface area contributed by atoms with Crippen LogP contribution in [0.1, 0.15) is 22.3 Å². The number of hydrogen-bond acceptors (Lipinski definition) is 6. The zero-order valence-electron chi connectivity index (χ0n) is 14.6. The van der Waals surface area contributed by atoms with Crippen LogP contribution in [0.25, 0.3) is 11.4 Å². The van der Waals surface area contributed by atoms with Crippen LogP contribution in [0, 0.1) is 36.5 Å². The first-order chi connectivity index (χ1) is 12.9. The van der Waals surface area contributed by atoms with E-state index >= 15 is 0 Å². The number of halogens is 1. The number of ether oxygens (including phenoxy) is 1. The van der Waals surface area contributed by atoms with Crippen LogP contribution in [0.3, 0.4) is 0 Å². The summed E-state index contributed by atoms with van der Waals surface area (Å²) in [5.41, 5.74) is 9.34. The molecule has 3 rings (SSSR count). The molecule has 0 amide bonds. The smallest absolute Gasteiger partial charge is 0.248 e. The van der Waals surface area contributed by atoms with Crippen LogP contribution >= 0.6 is 11.6 Å². The van der Waals surface area contributed by atoms with E-state index < -0.39 is 0 Å². The largest absolute Gasteiger partial charge is 0.435 e. The highest BCUT2D eigenvalue weighted by Crippen LogP contribution is 2.35. The lowest BCUT2D eigenvalue weighted by atomic mass is 10.1. The number of benzene rings is 2. The molecule has 0 atom stereocenters. The number of nitrogen functional groups attached to an aromatic ring is 1. The second-order valence-electron chi connectivity index (χ2n) is 5.92. The van der Waals surface area contributed by atoms with Crippen molar-refractivity contribution in [3.8, 4) is 35.2 Å². The van der Waals surface area contributed by atoms with Gasteiger partial charge in [0.25, 0.3) is 0 Å². The lowest BCUT2D eigenvalue weighted by Gasteiger charge is -2.13. The van der Waals surface area contributed by atoms with Gasteiger partial charge in [0.15, 0.2) is 11.0 Å². The average Bonchev–Trinajstić information content (AvgIpc) is 2.66. The van der Waals surface area contributed by atoms with Gasteiger partial charge in [-0.25, -0.2) is 4.98 Å². The zero-order valence-corrected chi connectivity index (χ0v) is 15.4. The van der Waals surface area contributed by atoms with E-state index in [4.69, 9.17) is 27.3 Å². The van der Waals surface area contributed by atoms with Gasteiger partial charge in [-0.2, -0.15) is 15.5 Å². The van der Waals surface area contributed by atoms with Crippen LogP contribution in [0.15, 0.2) is 36.4 Å². The molecule has 0 saturated heterocycles. The molecule has 3 aromatic rings. The Hall–Kier alpha value is -3.61. The standard InChI is InChI=1S/C20H14ClN5O/c1-11-7-12(2)17(15(8-11)10-23)27-20-16(24)18(21)25-19(26-20)14-5-3-13(9-22)4-6-14/h3-8H,24H2,1-2H3. The van der Waals surface area contributed by atoms with Crippen LogP contribution in [-0.2, 0) is 0 Å². The van der Waals surface area contributed by atoms with Crippen molar-refractivity contribution in [1.82, 2.24) is 9.97 Å². The molecular weight excluding hydrogens is 362 g/mol. The second kappa shape index (κ2) is 7.33. The molecule has 6 nitrogen and oxygen atoms in total. The normalized spacial score (nSPS) is 10.1. The van der Waals surface area contributed by atoms with Crippen molar-refractivity contribution in [2.45, 2.75) is 13.8 Å². The quantitative estimate of drug-likeness (QED) is 0.673. The molecule has 2 N–H and O–H groups in total. The van der Waals surface area contributed by atoms with Gasteiger partial charge in [-0.1, -0.05) is 17.7 Å². The number of aromatic nitrogens is 2. The highest BCUT2D eigenvalue weighted by Gasteiger charge is 2.17. The van der Waals surface area contributed by atoms with Gasteiger partial charge in [0.2, 0.25) is 5.88 Å². The molecule has 1 heterocycles. The number of aryl methyl sites for hydroxylation is 2. The lowest BCUT2D eigenvalue weighted by Crippen LogP contribution is -2.02. The molecule has 0 aliphatic rings. The molecule has 0 spiro atoms. The first-order valence-corrected chi connectivity index (χ1v) is 8.33. The molecule has 0 unspecified atom stereocenters. The Balaban J connectivity index is 2.08. The minimum atomic E-state index is 0.0441. The zero-order chi connectivity index (χ0) is 19.6. The summed E-state index contributed by atoms with van der Waals surface area (Å²) < 4.78 is 5.87. The van der Waals surface area contributed by atoms with Gasteiger partial charge in [-0.3, -0.25) is 0 Å². The van der Waals surface area contributed by atoms with Crippen molar-refractivity contribution in [2.24, 2.45) is 0 Å². The summed E-state index contributed by atoms with van der Waals surface area (Å²) in [5, 5.41) is 18.4. The van der Waals surface area contributed by atoms with E-state index in [0.29, 0.717) is 28.3 Å². The van der Waals surface area contributed by atoms with Crippen molar-refractivity contribution in [1.29, 1.82) is 10.5 Å². The van der Waals surface area contributed by atoms with E-state index in [1.165, 1.54) is 0 Å². The van der Waals surface area contributed by atoms with Gasteiger partial charge in [0.1, 0.15) is 17.5 Å². The molecular formula is C20H14ClN5O. The SMILES string of the molecule is Cc1cc(C)c(Oc2nc(-c3ccc(C#N)cc3)nc(Cl)c2N)c(C#N)c1. The highest BCUT2D eigenvalue weighted by atomic mass is 35.5. The molecule has 0 aliphatic heterocycles. The number of anilines is 1. The number of hydrogen-bond donors (Lipinski definition) is 1. The molecule has 2 aromatic carbocycles. The highest BCUT2D eigenvalue weighted by molar-refractivity contribution is 6.32. The van der Waals surface area contributed by atoms with Gasteiger partial charge >= 0.3 is 0 Å². The molecule has 1 aromatic heterocycles. The Morgan fingerprint density at radius 3 is 2.37 bits per heavy atom. The third kappa shape index (κ3) is 3.67. The molecule has 0 saturated carbocycles. The first kappa shape index (κ1) is 18.2. The number of nitrogens with zero attached hydrogens (tertiary/aromatic N) is 4. The van der Waals surface area contributed by atoms with E-state index in [0.717, 1.165) is 11.1 Å². The van der Waals surface area contributed by atoms with Crippen molar-refractivity contribution in [3.63, 3.8) is 0 Å². The van der Waals surface area contributed by atoms with Crippen molar-refractivity contribution in [3.05, 3.63) is 63.8 Å². The number of nitrogens with two attached hydrogens (primary N) is 1. The molecule has 27 heavy (non-hydrogen) atoms. The lowest BCUT2D eigenvalue weighted by molar-refractivity contribution is 0.460. The molecule has 0 radical (unpaired) electrons. The van der Waals surface area contributed by atoms with Gasteiger partial charge in [0.05, 0.1) is 17.2 Å². The summed E-state index contributed by atoms with van der Waals surface area (Å²) in [7, 11) is 0. The minimum Gasteiger partial charge on any atom is -0.435 e. The van der Waals surface area contributed by atoms with E-state index in [1.807, 2.05) is 19.9 Å². The van der Waals surface area contributed by atoms with Crippen LogP contribution in [0.2, 0.25) is 5.15 Å². The molecule has 0 bridgehead atoms. The van der Waals surface area contributed by atoms with Crippen molar-refractivity contribution in [2.75, 3.05) is 5.73 Å². The average molecular weight is 376 g/mol. The molecule has 132 valence electrons. The topological polar surface area (TPSA) is 109 Å². The van der Waals surface area contributed by atoms with Crippen molar-refractivity contribution < 1.29 is 4.74 Å². The fraction of sp³-hybridized carbons (Fsp3) is 0.100. The maximum atomic E-state index is 9.40. The van der Waals surface area contributed by atoms with Gasteiger partial charge in [0, 0.05) is 5.56 Å². The molecule has 7 heteroatoms. The summed E-state index contributed by atoms with van der Waals surface area (Å²) in [6, 6.07) is 14.5. The Morgan fingerprint density at radius 2 is 1.74 bits per heavy atom. The van der Waals surface area contributed by atoms with E-state index in [-0.39, 0.29) is 16.7 Å². The summed E-state index contributed by atoms with van der Waals surface area (Å²) in [4.78, 5) is 8.54. The molecule has 0 fully saturated rings. The first-order valence-electron chi connectivity index (χ1n) is 7.95. The maximum absolute atomic E-state index is 9.40.